The van der Waals surface area contributed by atoms with E-state index in [1.54, 1.807) is 6.07 Å². The lowest BCUT2D eigenvalue weighted by Crippen LogP contribution is -2.48. The molecule has 30 heavy (non-hydrogen) atoms. The lowest BCUT2D eigenvalue weighted by atomic mass is 10.0. The first-order chi connectivity index (χ1) is 14.4. The fourth-order valence-corrected chi connectivity index (χ4v) is 5.09. The fraction of sp³-hybridized carbons (Fsp3) is 0.429. The van der Waals surface area contributed by atoms with Gasteiger partial charge in [-0.05, 0) is 30.8 Å². The summed E-state index contributed by atoms with van der Waals surface area (Å²) in [7, 11) is -1.64. The molecule has 0 spiro atoms. The predicted molar refractivity (Wildman–Crippen MR) is 116 cm³/mol. The highest BCUT2D eigenvalue weighted by Gasteiger charge is 2.28. The number of rotatable bonds is 6. The Hall–Kier alpha value is -1.84. The Morgan fingerprint density at radius 2 is 1.73 bits per heavy atom. The molecule has 1 saturated heterocycles. The number of nitrogens with zero attached hydrogens (tertiary/aromatic N) is 2. The lowest BCUT2D eigenvalue weighted by Gasteiger charge is -2.38. The summed E-state index contributed by atoms with van der Waals surface area (Å²) in [5.74, 6) is 1.01. The third kappa shape index (κ3) is 4.73. The predicted octanol–water partition coefficient (Wildman–Crippen LogP) is 2.38. The van der Waals surface area contributed by atoms with Gasteiger partial charge in [-0.15, -0.1) is 0 Å². The molecule has 0 bridgehead atoms. The molecule has 0 amide bonds. The van der Waals surface area contributed by atoms with E-state index in [9.17, 15) is 8.42 Å². The van der Waals surface area contributed by atoms with E-state index in [2.05, 4.69) is 21.6 Å². The molecule has 2 aromatic carbocycles. The Morgan fingerprint density at radius 3 is 2.47 bits per heavy atom. The highest BCUT2D eigenvalue weighted by atomic mass is 35.5. The minimum absolute atomic E-state index is 0.153. The van der Waals surface area contributed by atoms with Crippen LogP contribution in [0, 0.1) is 0 Å². The first kappa shape index (κ1) is 21.4. The van der Waals surface area contributed by atoms with Gasteiger partial charge in [0, 0.05) is 49.9 Å². The Balaban J connectivity index is 1.55. The van der Waals surface area contributed by atoms with E-state index in [1.165, 1.54) is 12.1 Å². The zero-order chi connectivity index (χ0) is 21.1. The summed E-state index contributed by atoms with van der Waals surface area (Å²) < 4.78 is 39.8. The van der Waals surface area contributed by atoms with Crippen molar-refractivity contribution in [2.45, 2.75) is 10.9 Å². The van der Waals surface area contributed by atoms with E-state index in [0.29, 0.717) is 29.7 Å². The summed E-state index contributed by atoms with van der Waals surface area (Å²) >= 11 is 6.47. The molecule has 1 N–H and O–H groups in total. The molecule has 1 atom stereocenters. The summed E-state index contributed by atoms with van der Waals surface area (Å²) in [4.78, 5) is 4.70. The van der Waals surface area contributed by atoms with Crippen LogP contribution >= 0.6 is 11.6 Å². The Bertz CT molecular complexity index is 993. The molecule has 0 saturated carbocycles. The number of piperazine rings is 1. The van der Waals surface area contributed by atoms with Crippen LogP contribution in [0.25, 0.3) is 0 Å². The quantitative estimate of drug-likeness (QED) is 0.727. The summed E-state index contributed by atoms with van der Waals surface area (Å²) in [6.07, 6.45) is 0. The van der Waals surface area contributed by atoms with Gasteiger partial charge in [-0.25, -0.2) is 13.1 Å². The van der Waals surface area contributed by atoms with Crippen LogP contribution in [0.5, 0.6) is 11.5 Å². The van der Waals surface area contributed by atoms with E-state index in [0.717, 1.165) is 31.7 Å². The number of likely N-dealkylation sites (N-methyl/N-ethyl adjacent to an activating group) is 1. The van der Waals surface area contributed by atoms with Crippen molar-refractivity contribution >= 4 is 21.6 Å². The minimum Gasteiger partial charge on any atom is -0.486 e. The first-order valence-electron chi connectivity index (χ1n) is 10.0. The highest BCUT2D eigenvalue weighted by Crippen LogP contribution is 2.33. The third-order valence-corrected chi connectivity index (χ3v) is 7.30. The van der Waals surface area contributed by atoms with Crippen LogP contribution < -0.4 is 14.2 Å². The average molecular weight is 452 g/mol. The molecule has 2 aliphatic rings. The molecule has 2 aliphatic heterocycles. The second kappa shape index (κ2) is 9.11. The number of fused-ring (bicyclic) bond motifs is 1. The van der Waals surface area contributed by atoms with Gasteiger partial charge in [0.2, 0.25) is 10.0 Å². The summed E-state index contributed by atoms with van der Waals surface area (Å²) in [5.41, 5.74) is 0.925. The smallest absolute Gasteiger partial charge is 0.240 e. The van der Waals surface area contributed by atoms with Gasteiger partial charge in [-0.1, -0.05) is 29.8 Å². The molecule has 1 unspecified atom stereocenters. The minimum atomic E-state index is -3.72. The van der Waals surface area contributed by atoms with Gasteiger partial charge in [-0.3, -0.25) is 4.90 Å². The molecule has 0 aromatic heterocycles. The zero-order valence-electron chi connectivity index (χ0n) is 16.9. The molecule has 2 aromatic rings. The molecule has 9 heteroatoms. The van der Waals surface area contributed by atoms with Crippen LogP contribution in [-0.4, -0.2) is 71.2 Å². The summed E-state index contributed by atoms with van der Waals surface area (Å²) in [6, 6.07) is 12.1. The number of nitrogens with one attached hydrogen (secondary N) is 1. The first-order valence-corrected chi connectivity index (χ1v) is 11.9. The Morgan fingerprint density at radius 1 is 1.03 bits per heavy atom. The van der Waals surface area contributed by atoms with Gasteiger partial charge < -0.3 is 14.4 Å². The largest absolute Gasteiger partial charge is 0.486 e. The van der Waals surface area contributed by atoms with Crippen LogP contribution in [0.3, 0.4) is 0 Å². The van der Waals surface area contributed by atoms with Crippen molar-refractivity contribution < 1.29 is 17.9 Å². The average Bonchev–Trinajstić information content (AvgIpc) is 2.76. The number of ether oxygens (including phenoxy) is 2. The molecule has 4 rings (SSSR count). The van der Waals surface area contributed by atoms with Gasteiger partial charge >= 0.3 is 0 Å². The fourth-order valence-electron chi connectivity index (χ4n) is 3.78. The van der Waals surface area contributed by atoms with Gasteiger partial charge in [0.1, 0.15) is 13.2 Å². The molecular formula is C21H26ClN3O4S. The normalized spacial score (nSPS) is 18.9. The van der Waals surface area contributed by atoms with Crippen molar-refractivity contribution in [1.82, 2.24) is 14.5 Å². The van der Waals surface area contributed by atoms with Gasteiger partial charge in [0.25, 0.3) is 0 Å². The van der Waals surface area contributed by atoms with Crippen molar-refractivity contribution in [2.24, 2.45) is 0 Å². The molecular weight excluding hydrogens is 426 g/mol. The molecule has 1 fully saturated rings. The lowest BCUT2D eigenvalue weighted by molar-refractivity contribution is 0.113. The number of benzene rings is 2. The van der Waals surface area contributed by atoms with Crippen molar-refractivity contribution in [3.8, 4) is 11.5 Å². The monoisotopic (exact) mass is 451 g/mol. The number of sulfonamides is 1. The summed E-state index contributed by atoms with van der Waals surface area (Å²) in [5, 5.41) is 0.639. The van der Waals surface area contributed by atoms with Crippen molar-refractivity contribution in [2.75, 3.05) is 53.0 Å². The van der Waals surface area contributed by atoms with Gasteiger partial charge in [0.05, 0.1) is 4.90 Å². The topological polar surface area (TPSA) is 71.1 Å². The van der Waals surface area contributed by atoms with Crippen LogP contribution in [0.4, 0.5) is 0 Å². The van der Waals surface area contributed by atoms with Crippen LogP contribution in [-0.2, 0) is 10.0 Å². The van der Waals surface area contributed by atoms with Crippen LogP contribution in [0.15, 0.2) is 47.4 Å². The summed E-state index contributed by atoms with van der Waals surface area (Å²) in [6.45, 7) is 4.63. The van der Waals surface area contributed by atoms with E-state index in [-0.39, 0.29) is 17.5 Å². The molecule has 0 radical (unpaired) electrons. The second-order valence-electron chi connectivity index (χ2n) is 7.53. The maximum absolute atomic E-state index is 13.0. The molecule has 7 nitrogen and oxygen atoms in total. The van der Waals surface area contributed by atoms with E-state index >= 15 is 0 Å². The van der Waals surface area contributed by atoms with E-state index in [4.69, 9.17) is 21.1 Å². The van der Waals surface area contributed by atoms with Crippen LogP contribution in [0.2, 0.25) is 5.02 Å². The number of hydrogen-bond donors (Lipinski definition) is 1. The van der Waals surface area contributed by atoms with E-state index < -0.39 is 10.0 Å². The third-order valence-electron chi connectivity index (χ3n) is 5.53. The van der Waals surface area contributed by atoms with Crippen LogP contribution in [0.1, 0.15) is 11.6 Å². The maximum atomic E-state index is 13.0. The number of hydrogen-bond acceptors (Lipinski definition) is 6. The Kier molecular flexibility index (Phi) is 6.50. The second-order valence-corrected chi connectivity index (χ2v) is 9.71. The Labute approximate surface area is 182 Å². The zero-order valence-corrected chi connectivity index (χ0v) is 18.5. The van der Waals surface area contributed by atoms with Crippen molar-refractivity contribution in [3.63, 3.8) is 0 Å². The SMILES string of the molecule is CN1CCN(C(CNS(=O)(=O)c2ccc3c(c2)OCCO3)c2ccccc2Cl)CC1. The van der Waals surface area contributed by atoms with Crippen molar-refractivity contribution in [1.29, 1.82) is 0 Å². The number of halogens is 1. The molecule has 162 valence electrons. The highest BCUT2D eigenvalue weighted by molar-refractivity contribution is 7.89. The van der Waals surface area contributed by atoms with Gasteiger partial charge in [-0.2, -0.15) is 0 Å². The van der Waals surface area contributed by atoms with Gasteiger partial charge in [0.15, 0.2) is 11.5 Å². The molecule has 0 aliphatic carbocycles. The van der Waals surface area contributed by atoms with E-state index in [1.807, 2.05) is 24.3 Å². The standard InChI is InChI=1S/C21H26ClN3O4S/c1-24-8-10-25(11-9-24)19(17-4-2-3-5-18(17)22)15-23-30(26,27)16-6-7-20-21(14-16)29-13-12-28-20/h2-7,14,19,23H,8-13,15H2,1H3. The van der Waals surface area contributed by atoms with Crippen molar-refractivity contribution in [3.05, 3.63) is 53.1 Å². The molecule has 2 heterocycles. The maximum Gasteiger partial charge on any atom is 0.240 e.